The Morgan fingerprint density at radius 1 is 1.17 bits per heavy atom. The molecule has 0 atom stereocenters. The van der Waals surface area contributed by atoms with Crippen molar-refractivity contribution in [1.82, 2.24) is 14.8 Å². The topological polar surface area (TPSA) is 80.1 Å². The number of amides is 2. The van der Waals surface area contributed by atoms with Crippen LogP contribution in [0.2, 0.25) is 0 Å². The molecule has 1 aliphatic heterocycles. The largest absolute Gasteiger partial charge is 0.325 e. The Hall–Kier alpha value is -3.13. The van der Waals surface area contributed by atoms with Crippen LogP contribution in [0.15, 0.2) is 53.9 Å². The van der Waals surface area contributed by atoms with Gasteiger partial charge in [0.2, 0.25) is 11.8 Å². The SMILES string of the molecule is CC(=O)N1CCCc2cc(NC(=O)CSc3nncn3-c3ccc(C)cc3)ccc21. The summed E-state index contributed by atoms with van der Waals surface area (Å²) in [7, 11) is 0. The molecule has 2 aromatic carbocycles. The summed E-state index contributed by atoms with van der Waals surface area (Å²) in [6, 6.07) is 13.8. The number of anilines is 2. The van der Waals surface area contributed by atoms with Crippen LogP contribution >= 0.6 is 11.8 Å². The van der Waals surface area contributed by atoms with Gasteiger partial charge in [-0.25, -0.2) is 0 Å². The molecule has 0 saturated carbocycles. The number of nitrogens with zero attached hydrogens (tertiary/aromatic N) is 4. The van der Waals surface area contributed by atoms with Crippen molar-refractivity contribution in [2.75, 3.05) is 22.5 Å². The third kappa shape index (κ3) is 4.38. The van der Waals surface area contributed by atoms with E-state index in [2.05, 4.69) is 15.5 Å². The maximum atomic E-state index is 12.5. The van der Waals surface area contributed by atoms with Crippen LogP contribution in [-0.4, -0.2) is 38.9 Å². The van der Waals surface area contributed by atoms with Crippen molar-refractivity contribution in [2.45, 2.75) is 31.8 Å². The smallest absolute Gasteiger partial charge is 0.234 e. The molecule has 0 fully saturated rings. The molecule has 154 valence electrons. The van der Waals surface area contributed by atoms with Crippen molar-refractivity contribution in [2.24, 2.45) is 0 Å². The predicted octanol–water partition coefficient (Wildman–Crippen LogP) is 3.61. The first-order chi connectivity index (χ1) is 14.5. The minimum absolute atomic E-state index is 0.0434. The Morgan fingerprint density at radius 2 is 1.97 bits per heavy atom. The molecule has 0 unspecified atom stereocenters. The first-order valence-corrected chi connectivity index (χ1v) is 10.8. The van der Waals surface area contributed by atoms with E-state index in [0.29, 0.717) is 5.16 Å². The molecule has 0 bridgehead atoms. The lowest BCUT2D eigenvalue weighted by Crippen LogP contribution is -2.33. The van der Waals surface area contributed by atoms with E-state index in [0.717, 1.165) is 42.0 Å². The van der Waals surface area contributed by atoms with E-state index in [1.165, 1.54) is 17.3 Å². The summed E-state index contributed by atoms with van der Waals surface area (Å²) in [6.07, 6.45) is 3.47. The maximum Gasteiger partial charge on any atom is 0.234 e. The fourth-order valence-electron chi connectivity index (χ4n) is 3.53. The van der Waals surface area contributed by atoms with Crippen molar-refractivity contribution in [3.8, 4) is 5.69 Å². The van der Waals surface area contributed by atoms with Gasteiger partial charge in [0.25, 0.3) is 0 Å². The molecule has 4 rings (SSSR count). The lowest BCUT2D eigenvalue weighted by molar-refractivity contribution is -0.116. The zero-order valence-corrected chi connectivity index (χ0v) is 17.8. The number of aryl methyl sites for hydroxylation is 2. The highest BCUT2D eigenvalue weighted by Gasteiger charge is 2.20. The lowest BCUT2D eigenvalue weighted by atomic mass is 10.0. The highest BCUT2D eigenvalue weighted by Crippen LogP contribution is 2.30. The minimum Gasteiger partial charge on any atom is -0.325 e. The maximum absolute atomic E-state index is 12.5. The summed E-state index contributed by atoms with van der Waals surface area (Å²) >= 11 is 1.34. The molecule has 2 heterocycles. The second-order valence-electron chi connectivity index (χ2n) is 7.27. The monoisotopic (exact) mass is 421 g/mol. The Kier molecular flexibility index (Phi) is 5.85. The number of rotatable bonds is 5. The van der Waals surface area contributed by atoms with Crippen LogP contribution in [0.3, 0.4) is 0 Å². The van der Waals surface area contributed by atoms with E-state index < -0.39 is 0 Å². The zero-order chi connectivity index (χ0) is 21.1. The van der Waals surface area contributed by atoms with Gasteiger partial charge in [-0.15, -0.1) is 10.2 Å². The Morgan fingerprint density at radius 3 is 2.73 bits per heavy atom. The predicted molar refractivity (Wildman–Crippen MR) is 118 cm³/mol. The molecule has 7 nitrogen and oxygen atoms in total. The van der Waals surface area contributed by atoms with Crippen molar-refractivity contribution >= 4 is 35.0 Å². The van der Waals surface area contributed by atoms with Crippen LogP contribution < -0.4 is 10.2 Å². The number of thioether (sulfide) groups is 1. The summed E-state index contributed by atoms with van der Waals surface area (Å²) < 4.78 is 1.87. The number of nitrogens with one attached hydrogen (secondary N) is 1. The van der Waals surface area contributed by atoms with Gasteiger partial charge in [-0.05, 0) is 55.7 Å². The van der Waals surface area contributed by atoms with Gasteiger partial charge in [0.15, 0.2) is 5.16 Å². The number of fused-ring (bicyclic) bond motifs is 1. The highest BCUT2D eigenvalue weighted by atomic mass is 32.2. The van der Waals surface area contributed by atoms with Gasteiger partial charge in [-0.3, -0.25) is 14.2 Å². The molecule has 1 aliphatic rings. The zero-order valence-electron chi connectivity index (χ0n) is 17.0. The van der Waals surface area contributed by atoms with E-state index in [4.69, 9.17) is 0 Å². The van der Waals surface area contributed by atoms with Gasteiger partial charge in [0.05, 0.1) is 5.75 Å². The molecule has 0 radical (unpaired) electrons. The summed E-state index contributed by atoms with van der Waals surface area (Å²) in [6.45, 7) is 4.36. The van der Waals surface area contributed by atoms with Gasteiger partial charge < -0.3 is 10.2 Å². The quantitative estimate of drug-likeness (QED) is 0.637. The van der Waals surface area contributed by atoms with E-state index in [9.17, 15) is 9.59 Å². The van der Waals surface area contributed by atoms with Crippen molar-refractivity contribution in [3.05, 3.63) is 59.9 Å². The Bertz CT molecular complexity index is 1080. The van der Waals surface area contributed by atoms with E-state index >= 15 is 0 Å². The molecule has 0 spiro atoms. The fraction of sp³-hybridized carbons (Fsp3) is 0.273. The normalized spacial score (nSPS) is 13.1. The molecule has 30 heavy (non-hydrogen) atoms. The van der Waals surface area contributed by atoms with Crippen LogP contribution in [0.25, 0.3) is 5.69 Å². The Labute approximate surface area is 179 Å². The van der Waals surface area contributed by atoms with E-state index in [1.807, 2.05) is 54.0 Å². The van der Waals surface area contributed by atoms with Gasteiger partial charge in [0, 0.05) is 30.5 Å². The molecular weight excluding hydrogens is 398 g/mol. The first kappa shape index (κ1) is 20.2. The highest BCUT2D eigenvalue weighted by molar-refractivity contribution is 7.99. The number of hydrogen-bond acceptors (Lipinski definition) is 5. The number of carbonyl (C=O) groups is 2. The average molecular weight is 422 g/mol. The van der Waals surface area contributed by atoms with Crippen LogP contribution in [0.5, 0.6) is 0 Å². The summed E-state index contributed by atoms with van der Waals surface area (Å²) in [5.41, 5.74) is 4.90. The lowest BCUT2D eigenvalue weighted by Gasteiger charge is -2.28. The third-order valence-electron chi connectivity index (χ3n) is 5.02. The van der Waals surface area contributed by atoms with Crippen LogP contribution in [0, 0.1) is 6.92 Å². The molecular formula is C22H23N5O2S. The molecule has 0 aliphatic carbocycles. The van der Waals surface area contributed by atoms with Crippen molar-refractivity contribution < 1.29 is 9.59 Å². The summed E-state index contributed by atoms with van der Waals surface area (Å²) in [4.78, 5) is 26.1. The standard InChI is InChI=1S/C22H23N5O2S/c1-15-5-8-19(9-6-15)27-14-23-25-22(27)30-13-21(29)24-18-7-10-20-17(12-18)4-3-11-26(20)16(2)28/h5-10,12,14H,3-4,11,13H2,1-2H3,(H,24,29). The number of hydrogen-bond donors (Lipinski definition) is 1. The number of aromatic nitrogens is 3. The molecule has 3 aromatic rings. The van der Waals surface area contributed by atoms with Crippen molar-refractivity contribution in [1.29, 1.82) is 0 Å². The molecule has 1 aromatic heterocycles. The number of carbonyl (C=O) groups excluding carboxylic acids is 2. The van der Waals surface area contributed by atoms with Crippen molar-refractivity contribution in [3.63, 3.8) is 0 Å². The van der Waals surface area contributed by atoms with Crippen LogP contribution in [0.1, 0.15) is 24.5 Å². The average Bonchev–Trinajstić information content (AvgIpc) is 3.20. The summed E-state index contributed by atoms with van der Waals surface area (Å²) in [5.74, 6) is 0.153. The molecule has 2 amide bonds. The second kappa shape index (κ2) is 8.71. The molecule has 0 saturated heterocycles. The minimum atomic E-state index is -0.113. The second-order valence-corrected chi connectivity index (χ2v) is 8.22. The third-order valence-corrected chi connectivity index (χ3v) is 5.97. The summed E-state index contributed by atoms with van der Waals surface area (Å²) in [5, 5.41) is 11.7. The van der Waals surface area contributed by atoms with Gasteiger partial charge in [-0.2, -0.15) is 0 Å². The van der Waals surface area contributed by atoms with Gasteiger partial charge in [-0.1, -0.05) is 29.5 Å². The van der Waals surface area contributed by atoms with Gasteiger partial charge >= 0.3 is 0 Å². The Balaban J connectivity index is 1.40. The molecule has 1 N–H and O–H groups in total. The van der Waals surface area contributed by atoms with E-state index in [-0.39, 0.29) is 17.6 Å². The fourth-order valence-corrected chi connectivity index (χ4v) is 4.26. The van der Waals surface area contributed by atoms with Crippen LogP contribution in [-0.2, 0) is 16.0 Å². The number of benzene rings is 2. The molecule has 8 heteroatoms. The van der Waals surface area contributed by atoms with Gasteiger partial charge in [0.1, 0.15) is 6.33 Å². The van der Waals surface area contributed by atoms with Crippen LogP contribution in [0.4, 0.5) is 11.4 Å². The van der Waals surface area contributed by atoms with E-state index in [1.54, 1.807) is 18.2 Å². The first-order valence-electron chi connectivity index (χ1n) is 9.82.